The molecule has 2 N–H and O–H groups in total. The Morgan fingerprint density at radius 2 is 2.11 bits per heavy atom. The third-order valence-corrected chi connectivity index (χ3v) is 3.71. The summed E-state index contributed by atoms with van der Waals surface area (Å²) >= 11 is 0. The highest BCUT2D eigenvalue weighted by atomic mass is 19.4. The number of likely N-dealkylation sites (tertiary alicyclic amines) is 1. The maximum absolute atomic E-state index is 12.7. The molecule has 0 bridgehead atoms. The quantitative estimate of drug-likeness (QED) is 0.883. The molecule has 18 heavy (non-hydrogen) atoms. The van der Waals surface area contributed by atoms with Crippen molar-refractivity contribution in [3.63, 3.8) is 0 Å². The van der Waals surface area contributed by atoms with Gasteiger partial charge in [-0.3, -0.25) is 0 Å². The first kappa shape index (κ1) is 13.4. The molecule has 5 heteroatoms. The summed E-state index contributed by atoms with van der Waals surface area (Å²) in [6.45, 7) is 1.35. The molecule has 0 spiro atoms. The van der Waals surface area contributed by atoms with Crippen LogP contribution in [0.1, 0.15) is 23.5 Å². The van der Waals surface area contributed by atoms with Gasteiger partial charge in [0.25, 0.3) is 0 Å². The van der Waals surface area contributed by atoms with E-state index in [0.717, 1.165) is 24.6 Å². The highest BCUT2D eigenvalue weighted by molar-refractivity contribution is 5.30. The number of alkyl halides is 3. The van der Waals surface area contributed by atoms with Crippen LogP contribution in [0.4, 0.5) is 13.2 Å². The van der Waals surface area contributed by atoms with Crippen LogP contribution in [0, 0.1) is 0 Å². The second kappa shape index (κ2) is 4.90. The molecule has 0 radical (unpaired) electrons. The first-order valence-corrected chi connectivity index (χ1v) is 6.01. The fourth-order valence-electron chi connectivity index (χ4n) is 2.69. The summed E-state index contributed by atoms with van der Waals surface area (Å²) in [6, 6.07) is 5.74. The van der Waals surface area contributed by atoms with Gasteiger partial charge in [-0.25, -0.2) is 0 Å². The maximum Gasteiger partial charge on any atom is 0.416 e. The molecule has 2 nitrogen and oxygen atoms in total. The largest absolute Gasteiger partial charge is 0.416 e. The molecule has 1 aliphatic rings. The van der Waals surface area contributed by atoms with Crippen LogP contribution in [0.3, 0.4) is 0 Å². The molecule has 1 aromatic carbocycles. The zero-order valence-corrected chi connectivity index (χ0v) is 10.2. The Morgan fingerprint density at radius 1 is 1.39 bits per heavy atom. The van der Waals surface area contributed by atoms with Crippen molar-refractivity contribution >= 4 is 0 Å². The first-order chi connectivity index (χ1) is 8.43. The summed E-state index contributed by atoms with van der Waals surface area (Å²) in [6.07, 6.45) is -3.42. The zero-order valence-electron chi connectivity index (χ0n) is 10.2. The SMILES string of the molecule is CN1CCC(c2cccc(C(F)(F)F)c2)C1CN. The van der Waals surface area contributed by atoms with Crippen molar-refractivity contribution in [1.29, 1.82) is 0 Å². The fraction of sp³-hybridized carbons (Fsp3) is 0.538. The number of hydrogen-bond acceptors (Lipinski definition) is 2. The summed E-state index contributed by atoms with van der Waals surface area (Å²) in [5, 5.41) is 0. The lowest BCUT2D eigenvalue weighted by molar-refractivity contribution is -0.137. The molecular weight excluding hydrogens is 241 g/mol. The van der Waals surface area contributed by atoms with E-state index >= 15 is 0 Å². The molecule has 1 aromatic rings. The van der Waals surface area contributed by atoms with Gasteiger partial charge in [-0.2, -0.15) is 13.2 Å². The number of hydrogen-bond donors (Lipinski definition) is 1. The van der Waals surface area contributed by atoms with Crippen molar-refractivity contribution in [2.24, 2.45) is 5.73 Å². The minimum atomic E-state index is -4.28. The monoisotopic (exact) mass is 258 g/mol. The molecule has 1 saturated heterocycles. The molecule has 0 aromatic heterocycles. The van der Waals surface area contributed by atoms with Crippen LogP contribution in [0.15, 0.2) is 24.3 Å². The normalized spacial score (nSPS) is 25.6. The predicted molar refractivity (Wildman–Crippen MR) is 64.3 cm³/mol. The smallest absolute Gasteiger partial charge is 0.329 e. The third-order valence-electron chi connectivity index (χ3n) is 3.71. The number of nitrogens with zero attached hydrogens (tertiary/aromatic N) is 1. The Kier molecular flexibility index (Phi) is 3.64. The van der Waals surface area contributed by atoms with Crippen molar-refractivity contribution in [1.82, 2.24) is 4.90 Å². The molecule has 2 atom stereocenters. The standard InChI is InChI=1S/C13H17F3N2/c1-18-6-5-11(12(18)8-17)9-3-2-4-10(7-9)13(14,15)16/h2-4,7,11-12H,5-6,8,17H2,1H3. The lowest BCUT2D eigenvalue weighted by atomic mass is 9.90. The van der Waals surface area contributed by atoms with Gasteiger partial charge in [0.2, 0.25) is 0 Å². The number of rotatable bonds is 2. The predicted octanol–water partition coefficient (Wildman–Crippen LogP) is 2.45. The van der Waals surface area contributed by atoms with Gasteiger partial charge in [0, 0.05) is 18.5 Å². The van der Waals surface area contributed by atoms with Crippen molar-refractivity contribution in [3.05, 3.63) is 35.4 Å². The van der Waals surface area contributed by atoms with Crippen molar-refractivity contribution in [2.45, 2.75) is 24.6 Å². The van der Waals surface area contributed by atoms with Gasteiger partial charge in [-0.15, -0.1) is 0 Å². The summed E-state index contributed by atoms with van der Waals surface area (Å²) in [5.74, 6) is 0.0994. The number of nitrogens with two attached hydrogens (primary N) is 1. The minimum absolute atomic E-state index is 0.0994. The summed E-state index contributed by atoms with van der Waals surface area (Å²) < 4.78 is 38.0. The van der Waals surface area contributed by atoms with Gasteiger partial charge in [0.05, 0.1) is 5.56 Å². The molecule has 1 heterocycles. The Morgan fingerprint density at radius 3 is 2.72 bits per heavy atom. The highest BCUT2D eigenvalue weighted by Gasteiger charge is 2.34. The van der Waals surface area contributed by atoms with Crippen LogP contribution >= 0.6 is 0 Å². The Labute approximate surface area is 105 Å². The van der Waals surface area contributed by atoms with Gasteiger partial charge in [0.15, 0.2) is 0 Å². The lowest BCUT2D eigenvalue weighted by Gasteiger charge is -2.24. The van der Waals surface area contributed by atoms with Gasteiger partial charge in [-0.1, -0.05) is 18.2 Å². The van der Waals surface area contributed by atoms with Gasteiger partial charge in [0.1, 0.15) is 0 Å². The van der Waals surface area contributed by atoms with Gasteiger partial charge < -0.3 is 10.6 Å². The average Bonchev–Trinajstić information content (AvgIpc) is 2.69. The molecule has 0 aliphatic carbocycles. The molecule has 100 valence electrons. The van der Waals surface area contributed by atoms with Crippen LogP contribution in [0.25, 0.3) is 0 Å². The van der Waals surface area contributed by atoms with Crippen LogP contribution in [-0.2, 0) is 6.18 Å². The number of benzene rings is 1. The fourth-order valence-corrected chi connectivity index (χ4v) is 2.69. The molecular formula is C13H17F3N2. The molecule has 0 amide bonds. The summed E-state index contributed by atoms with van der Waals surface area (Å²) in [7, 11) is 1.96. The van der Waals surface area contributed by atoms with Crippen molar-refractivity contribution in [3.8, 4) is 0 Å². The van der Waals surface area contributed by atoms with E-state index in [4.69, 9.17) is 5.73 Å². The van der Waals surface area contributed by atoms with Gasteiger partial charge in [-0.05, 0) is 31.6 Å². The van der Waals surface area contributed by atoms with E-state index < -0.39 is 11.7 Å². The van der Waals surface area contributed by atoms with E-state index in [0.29, 0.717) is 6.54 Å². The molecule has 0 saturated carbocycles. The van der Waals surface area contributed by atoms with E-state index in [1.54, 1.807) is 6.07 Å². The van der Waals surface area contributed by atoms with Crippen LogP contribution in [0.5, 0.6) is 0 Å². The van der Waals surface area contributed by atoms with E-state index in [1.165, 1.54) is 12.1 Å². The van der Waals surface area contributed by atoms with E-state index in [2.05, 4.69) is 4.90 Å². The first-order valence-electron chi connectivity index (χ1n) is 6.01. The Bertz CT molecular complexity index is 417. The number of likely N-dealkylation sites (N-methyl/N-ethyl adjacent to an activating group) is 1. The highest BCUT2D eigenvalue weighted by Crippen LogP contribution is 2.35. The second-order valence-corrected chi connectivity index (χ2v) is 4.80. The number of halogens is 3. The van der Waals surface area contributed by atoms with Crippen LogP contribution in [0.2, 0.25) is 0 Å². The molecule has 2 unspecified atom stereocenters. The topological polar surface area (TPSA) is 29.3 Å². The minimum Gasteiger partial charge on any atom is -0.329 e. The molecule has 1 aliphatic heterocycles. The third kappa shape index (κ3) is 2.52. The summed E-state index contributed by atoms with van der Waals surface area (Å²) in [4.78, 5) is 2.12. The second-order valence-electron chi connectivity index (χ2n) is 4.80. The summed E-state index contributed by atoms with van der Waals surface area (Å²) in [5.41, 5.74) is 5.87. The lowest BCUT2D eigenvalue weighted by Crippen LogP contribution is -2.35. The molecule has 2 rings (SSSR count). The van der Waals surface area contributed by atoms with Crippen LogP contribution < -0.4 is 5.73 Å². The van der Waals surface area contributed by atoms with E-state index in [9.17, 15) is 13.2 Å². The van der Waals surface area contributed by atoms with Gasteiger partial charge >= 0.3 is 6.18 Å². The zero-order chi connectivity index (χ0) is 13.3. The Hall–Kier alpha value is -1.07. The Balaban J connectivity index is 2.29. The maximum atomic E-state index is 12.7. The van der Waals surface area contributed by atoms with E-state index in [1.807, 2.05) is 7.05 Å². The van der Waals surface area contributed by atoms with Crippen molar-refractivity contribution < 1.29 is 13.2 Å². The average molecular weight is 258 g/mol. The van der Waals surface area contributed by atoms with E-state index in [-0.39, 0.29) is 12.0 Å². The van der Waals surface area contributed by atoms with Crippen molar-refractivity contribution in [2.75, 3.05) is 20.1 Å². The van der Waals surface area contributed by atoms with Crippen LogP contribution in [-0.4, -0.2) is 31.1 Å². The molecule has 1 fully saturated rings.